The van der Waals surface area contributed by atoms with Gasteiger partial charge in [-0.25, -0.2) is 9.67 Å². The van der Waals surface area contributed by atoms with Crippen molar-refractivity contribution in [1.82, 2.24) is 14.8 Å². The van der Waals surface area contributed by atoms with Crippen LogP contribution in [0.1, 0.15) is 19.7 Å². The number of aromatic nitrogens is 3. The highest BCUT2D eigenvalue weighted by Gasteiger charge is 2.02. The number of hydrogen-bond acceptors (Lipinski definition) is 2. The third kappa shape index (κ3) is 1.26. The molecule has 0 aliphatic carbocycles. The van der Waals surface area contributed by atoms with Gasteiger partial charge in [0.15, 0.2) is 5.82 Å². The van der Waals surface area contributed by atoms with Crippen molar-refractivity contribution in [3.63, 3.8) is 0 Å². The first-order valence-corrected chi connectivity index (χ1v) is 3.79. The van der Waals surface area contributed by atoms with Gasteiger partial charge >= 0.3 is 0 Å². The molecule has 0 aliphatic heterocycles. The minimum absolute atomic E-state index is 0.597. The van der Waals surface area contributed by atoms with Gasteiger partial charge in [-0.05, 0) is 19.6 Å². The summed E-state index contributed by atoms with van der Waals surface area (Å²) in [6, 6.07) is 0. The van der Waals surface area contributed by atoms with Crippen LogP contribution in [-0.2, 0) is 13.0 Å². The van der Waals surface area contributed by atoms with Gasteiger partial charge in [-0.1, -0.05) is 6.92 Å². The van der Waals surface area contributed by atoms with Crippen LogP contribution in [-0.4, -0.2) is 14.8 Å². The van der Waals surface area contributed by atoms with Gasteiger partial charge in [-0.15, -0.1) is 0 Å². The fourth-order valence-corrected chi connectivity index (χ4v) is 1.00. The summed E-state index contributed by atoms with van der Waals surface area (Å²) >= 11 is 4.93. The summed E-state index contributed by atoms with van der Waals surface area (Å²) in [5.41, 5.74) is 0. The largest absolute Gasteiger partial charge is 0.237 e. The fraction of sp³-hybridized carbons (Fsp3) is 0.667. The lowest BCUT2D eigenvalue weighted by molar-refractivity contribution is 0.593. The van der Waals surface area contributed by atoms with Crippen molar-refractivity contribution in [3.8, 4) is 0 Å². The first kappa shape index (κ1) is 7.47. The molecule has 0 aromatic carbocycles. The summed E-state index contributed by atoms with van der Waals surface area (Å²) < 4.78 is 1.73. The summed E-state index contributed by atoms with van der Waals surface area (Å²) in [4.78, 5) is 4.07. The smallest absolute Gasteiger partial charge is 0.217 e. The molecule has 0 N–H and O–H groups in total. The van der Waals surface area contributed by atoms with E-state index in [0.717, 1.165) is 18.8 Å². The molecule has 0 amide bonds. The predicted octanol–water partition coefficient (Wildman–Crippen LogP) is 1.42. The molecule has 1 radical (unpaired) electrons. The summed E-state index contributed by atoms with van der Waals surface area (Å²) in [6.45, 7) is 4.83. The van der Waals surface area contributed by atoms with E-state index < -0.39 is 0 Å². The molecule has 0 spiro atoms. The minimum Gasteiger partial charge on any atom is -0.237 e. The first-order chi connectivity index (χ1) is 4.77. The lowest BCUT2D eigenvalue weighted by atomic mass is 10.5. The second-order valence-electron chi connectivity index (χ2n) is 1.98. The first-order valence-electron chi connectivity index (χ1n) is 3.38. The lowest BCUT2D eigenvalue weighted by Crippen LogP contribution is -1.97. The SMILES string of the molecule is CCc1nc([S])n(CC)n1. The van der Waals surface area contributed by atoms with Crippen molar-refractivity contribution in [2.45, 2.75) is 32.0 Å². The van der Waals surface area contributed by atoms with E-state index in [1.807, 2.05) is 13.8 Å². The van der Waals surface area contributed by atoms with Crippen LogP contribution in [0.5, 0.6) is 0 Å². The van der Waals surface area contributed by atoms with Crippen LogP contribution in [0.25, 0.3) is 0 Å². The Bertz CT molecular complexity index is 219. The average Bonchev–Trinajstić information content (AvgIpc) is 2.30. The summed E-state index contributed by atoms with van der Waals surface area (Å²) in [5.74, 6) is 0.840. The van der Waals surface area contributed by atoms with Crippen LogP contribution in [0.15, 0.2) is 5.16 Å². The van der Waals surface area contributed by atoms with E-state index >= 15 is 0 Å². The van der Waals surface area contributed by atoms with E-state index in [4.69, 9.17) is 12.6 Å². The van der Waals surface area contributed by atoms with Crippen LogP contribution in [0.3, 0.4) is 0 Å². The molecule has 0 fully saturated rings. The molecule has 1 rings (SSSR count). The van der Waals surface area contributed by atoms with Crippen molar-refractivity contribution in [1.29, 1.82) is 0 Å². The zero-order chi connectivity index (χ0) is 7.56. The van der Waals surface area contributed by atoms with Crippen LogP contribution >= 0.6 is 12.6 Å². The highest BCUT2D eigenvalue weighted by molar-refractivity contribution is 7.80. The molecule has 3 nitrogen and oxygen atoms in total. The molecular weight excluding hydrogens is 146 g/mol. The van der Waals surface area contributed by atoms with Crippen molar-refractivity contribution < 1.29 is 0 Å². The normalized spacial score (nSPS) is 10.2. The molecule has 10 heavy (non-hydrogen) atoms. The standard InChI is InChI=1S/C6H10N3S/c1-3-5-7-6(10)9(4-2)8-5/h3-4H2,1-2H3. The maximum atomic E-state index is 4.93. The van der Waals surface area contributed by atoms with Gasteiger partial charge in [0.25, 0.3) is 0 Å². The van der Waals surface area contributed by atoms with Crippen molar-refractivity contribution in [3.05, 3.63) is 5.82 Å². The molecular formula is C6H10N3S. The van der Waals surface area contributed by atoms with E-state index in [-0.39, 0.29) is 0 Å². The number of aryl methyl sites for hydroxylation is 2. The highest BCUT2D eigenvalue weighted by Crippen LogP contribution is 2.02. The zero-order valence-corrected chi connectivity index (χ0v) is 6.98. The second kappa shape index (κ2) is 2.96. The molecule has 0 aliphatic rings. The van der Waals surface area contributed by atoms with Gasteiger partial charge in [-0.3, -0.25) is 0 Å². The molecule has 0 atom stereocenters. The summed E-state index contributed by atoms with van der Waals surface area (Å²) in [7, 11) is 0. The third-order valence-corrected chi connectivity index (χ3v) is 1.60. The topological polar surface area (TPSA) is 30.7 Å². The summed E-state index contributed by atoms with van der Waals surface area (Å²) in [6.07, 6.45) is 0.858. The van der Waals surface area contributed by atoms with E-state index in [1.165, 1.54) is 0 Å². The molecule has 0 unspecified atom stereocenters. The number of rotatable bonds is 2. The number of nitrogens with zero attached hydrogens (tertiary/aromatic N) is 3. The molecule has 1 aromatic heterocycles. The third-order valence-electron chi connectivity index (χ3n) is 1.30. The minimum atomic E-state index is 0.597. The Morgan fingerprint density at radius 3 is 2.50 bits per heavy atom. The van der Waals surface area contributed by atoms with E-state index in [0.29, 0.717) is 5.16 Å². The lowest BCUT2D eigenvalue weighted by Gasteiger charge is -1.91. The Morgan fingerprint density at radius 2 is 2.20 bits per heavy atom. The molecule has 0 saturated heterocycles. The van der Waals surface area contributed by atoms with Crippen molar-refractivity contribution in [2.24, 2.45) is 0 Å². The van der Waals surface area contributed by atoms with Gasteiger partial charge in [0.1, 0.15) is 0 Å². The molecule has 4 heteroatoms. The maximum absolute atomic E-state index is 4.93. The Morgan fingerprint density at radius 1 is 1.50 bits per heavy atom. The number of hydrogen-bond donors (Lipinski definition) is 0. The van der Waals surface area contributed by atoms with Crippen LogP contribution in [0, 0.1) is 0 Å². The van der Waals surface area contributed by atoms with E-state index in [2.05, 4.69) is 10.1 Å². The fourth-order valence-electron chi connectivity index (χ4n) is 0.728. The zero-order valence-electron chi connectivity index (χ0n) is 6.16. The Hall–Kier alpha value is -0.640. The average molecular weight is 156 g/mol. The monoisotopic (exact) mass is 156 g/mol. The Balaban J connectivity index is 2.92. The van der Waals surface area contributed by atoms with Gasteiger partial charge in [0.2, 0.25) is 5.16 Å². The van der Waals surface area contributed by atoms with Crippen molar-refractivity contribution in [2.75, 3.05) is 0 Å². The van der Waals surface area contributed by atoms with Gasteiger partial charge < -0.3 is 0 Å². The molecule has 1 aromatic rings. The van der Waals surface area contributed by atoms with E-state index in [1.54, 1.807) is 4.68 Å². The highest BCUT2D eigenvalue weighted by atomic mass is 32.1. The molecule has 0 bridgehead atoms. The van der Waals surface area contributed by atoms with Gasteiger partial charge in [-0.2, -0.15) is 5.10 Å². The predicted molar refractivity (Wildman–Crippen MR) is 40.9 cm³/mol. The van der Waals surface area contributed by atoms with Crippen LogP contribution in [0.2, 0.25) is 0 Å². The van der Waals surface area contributed by atoms with Crippen molar-refractivity contribution >= 4 is 12.6 Å². The molecule has 55 valence electrons. The maximum Gasteiger partial charge on any atom is 0.217 e. The van der Waals surface area contributed by atoms with Gasteiger partial charge in [0, 0.05) is 13.0 Å². The second-order valence-corrected chi connectivity index (χ2v) is 2.35. The van der Waals surface area contributed by atoms with Gasteiger partial charge in [0.05, 0.1) is 0 Å². The van der Waals surface area contributed by atoms with E-state index in [9.17, 15) is 0 Å². The quantitative estimate of drug-likeness (QED) is 0.648. The van der Waals surface area contributed by atoms with Crippen LogP contribution < -0.4 is 0 Å². The molecule has 0 saturated carbocycles. The Labute approximate surface area is 65.9 Å². The van der Waals surface area contributed by atoms with Crippen LogP contribution in [0.4, 0.5) is 0 Å². The molecule has 1 heterocycles. The summed E-state index contributed by atoms with van der Waals surface area (Å²) in [5, 5.41) is 4.74. The Kier molecular flexibility index (Phi) is 2.21.